The molecule has 0 atom stereocenters. The van der Waals surface area contributed by atoms with E-state index in [0.717, 1.165) is 36.1 Å². The summed E-state index contributed by atoms with van der Waals surface area (Å²) >= 11 is 3.39. The highest BCUT2D eigenvalue weighted by atomic mass is 79.9. The highest BCUT2D eigenvalue weighted by molar-refractivity contribution is 9.10. The predicted octanol–water partition coefficient (Wildman–Crippen LogP) is 2.97. The van der Waals surface area contributed by atoms with E-state index in [1.165, 1.54) is 12.1 Å². The first-order chi connectivity index (χ1) is 7.99. The molecule has 17 heavy (non-hydrogen) atoms. The number of halogens is 2. The SMILES string of the molecule is CN(C)CCCN(C)Cc1ccc(F)cc1Br. The Morgan fingerprint density at radius 2 is 1.88 bits per heavy atom. The maximum Gasteiger partial charge on any atom is 0.124 e. The van der Waals surface area contributed by atoms with Gasteiger partial charge in [0.2, 0.25) is 0 Å². The Kier molecular flexibility index (Phi) is 6.09. The Hall–Kier alpha value is -0.450. The smallest absolute Gasteiger partial charge is 0.124 e. The minimum atomic E-state index is -0.198. The van der Waals surface area contributed by atoms with E-state index >= 15 is 0 Å². The van der Waals surface area contributed by atoms with Crippen LogP contribution in [0.5, 0.6) is 0 Å². The zero-order valence-electron chi connectivity index (χ0n) is 10.7. The summed E-state index contributed by atoms with van der Waals surface area (Å²) < 4.78 is 13.8. The third-order valence-corrected chi connectivity index (χ3v) is 3.34. The molecule has 0 saturated carbocycles. The van der Waals surface area contributed by atoms with E-state index in [1.54, 1.807) is 0 Å². The Bertz CT molecular complexity index is 355. The molecule has 0 aromatic heterocycles. The van der Waals surface area contributed by atoms with Crippen molar-refractivity contribution in [3.8, 4) is 0 Å². The van der Waals surface area contributed by atoms with Crippen molar-refractivity contribution in [2.45, 2.75) is 13.0 Å². The number of benzene rings is 1. The molecule has 0 radical (unpaired) electrons. The molecule has 1 aromatic carbocycles. The Balaban J connectivity index is 2.42. The van der Waals surface area contributed by atoms with Gasteiger partial charge in [-0.1, -0.05) is 22.0 Å². The van der Waals surface area contributed by atoms with E-state index < -0.39 is 0 Å². The van der Waals surface area contributed by atoms with Crippen molar-refractivity contribution in [1.29, 1.82) is 0 Å². The summed E-state index contributed by atoms with van der Waals surface area (Å²) in [5, 5.41) is 0. The van der Waals surface area contributed by atoms with Crippen LogP contribution in [0.2, 0.25) is 0 Å². The van der Waals surface area contributed by atoms with Gasteiger partial charge in [-0.3, -0.25) is 0 Å². The summed E-state index contributed by atoms with van der Waals surface area (Å²) in [6.07, 6.45) is 1.14. The highest BCUT2D eigenvalue weighted by Gasteiger charge is 2.05. The Morgan fingerprint density at radius 3 is 2.47 bits per heavy atom. The van der Waals surface area contributed by atoms with Crippen LogP contribution in [0.15, 0.2) is 22.7 Å². The molecule has 2 nitrogen and oxygen atoms in total. The molecule has 96 valence electrons. The van der Waals surface area contributed by atoms with Crippen molar-refractivity contribution in [3.05, 3.63) is 34.1 Å². The van der Waals surface area contributed by atoms with E-state index in [4.69, 9.17) is 0 Å². The van der Waals surface area contributed by atoms with Crippen molar-refractivity contribution in [2.24, 2.45) is 0 Å². The fraction of sp³-hybridized carbons (Fsp3) is 0.538. The first kappa shape index (κ1) is 14.6. The third kappa shape index (κ3) is 5.61. The molecule has 0 aliphatic heterocycles. The normalized spacial score (nSPS) is 11.5. The van der Waals surface area contributed by atoms with Crippen LogP contribution in [-0.2, 0) is 6.54 Å². The number of hydrogen-bond acceptors (Lipinski definition) is 2. The van der Waals surface area contributed by atoms with Crippen molar-refractivity contribution in [2.75, 3.05) is 34.2 Å². The Morgan fingerprint density at radius 1 is 1.18 bits per heavy atom. The predicted molar refractivity (Wildman–Crippen MR) is 73.6 cm³/mol. The summed E-state index contributed by atoms with van der Waals surface area (Å²) in [6.45, 7) is 2.98. The van der Waals surface area contributed by atoms with Gasteiger partial charge in [0, 0.05) is 11.0 Å². The molecule has 0 fully saturated rings. The molecule has 0 unspecified atom stereocenters. The molecule has 0 aliphatic carbocycles. The van der Waals surface area contributed by atoms with Gasteiger partial charge in [0.1, 0.15) is 5.82 Å². The second kappa shape index (κ2) is 7.09. The van der Waals surface area contributed by atoms with Crippen LogP contribution in [0.4, 0.5) is 4.39 Å². The lowest BCUT2D eigenvalue weighted by Crippen LogP contribution is -2.23. The maximum absolute atomic E-state index is 12.9. The van der Waals surface area contributed by atoms with Crippen LogP contribution in [0.3, 0.4) is 0 Å². The van der Waals surface area contributed by atoms with Gasteiger partial charge in [-0.05, 0) is 58.3 Å². The van der Waals surface area contributed by atoms with Crippen molar-refractivity contribution < 1.29 is 4.39 Å². The average Bonchev–Trinajstić information content (AvgIpc) is 2.21. The number of rotatable bonds is 6. The molecule has 0 aliphatic rings. The average molecular weight is 303 g/mol. The van der Waals surface area contributed by atoms with Crippen molar-refractivity contribution >= 4 is 15.9 Å². The van der Waals surface area contributed by atoms with Gasteiger partial charge in [-0.2, -0.15) is 0 Å². The number of hydrogen-bond donors (Lipinski definition) is 0. The lowest BCUT2D eigenvalue weighted by molar-refractivity contribution is 0.294. The fourth-order valence-corrected chi connectivity index (χ4v) is 2.15. The molecular weight excluding hydrogens is 283 g/mol. The third-order valence-electron chi connectivity index (χ3n) is 2.60. The van der Waals surface area contributed by atoms with Gasteiger partial charge in [-0.15, -0.1) is 0 Å². The topological polar surface area (TPSA) is 6.48 Å². The quantitative estimate of drug-likeness (QED) is 0.797. The summed E-state index contributed by atoms with van der Waals surface area (Å²) in [4.78, 5) is 4.43. The standard InChI is InChI=1S/C13H20BrFN2/c1-16(2)7-4-8-17(3)10-11-5-6-12(15)9-13(11)14/h5-6,9H,4,7-8,10H2,1-3H3. The van der Waals surface area contributed by atoms with E-state index in [9.17, 15) is 4.39 Å². The zero-order valence-corrected chi connectivity index (χ0v) is 12.3. The highest BCUT2D eigenvalue weighted by Crippen LogP contribution is 2.19. The molecule has 1 aromatic rings. The minimum Gasteiger partial charge on any atom is -0.309 e. The van der Waals surface area contributed by atoms with Gasteiger partial charge in [0.15, 0.2) is 0 Å². The van der Waals surface area contributed by atoms with Crippen molar-refractivity contribution in [3.63, 3.8) is 0 Å². The summed E-state index contributed by atoms with van der Waals surface area (Å²) in [7, 11) is 6.25. The van der Waals surface area contributed by atoms with Crippen LogP contribution < -0.4 is 0 Å². The molecule has 0 N–H and O–H groups in total. The van der Waals surface area contributed by atoms with Crippen molar-refractivity contribution in [1.82, 2.24) is 9.80 Å². The molecule has 0 heterocycles. The minimum absolute atomic E-state index is 0.198. The largest absolute Gasteiger partial charge is 0.309 e. The first-order valence-electron chi connectivity index (χ1n) is 5.76. The second-order valence-electron chi connectivity index (χ2n) is 4.63. The van der Waals surface area contributed by atoms with E-state index in [0.29, 0.717) is 0 Å². The van der Waals surface area contributed by atoms with E-state index in [-0.39, 0.29) is 5.82 Å². The van der Waals surface area contributed by atoms with Gasteiger partial charge in [-0.25, -0.2) is 4.39 Å². The second-order valence-corrected chi connectivity index (χ2v) is 5.48. The molecule has 4 heteroatoms. The molecule has 1 rings (SSSR count). The molecule has 0 saturated heterocycles. The zero-order chi connectivity index (χ0) is 12.8. The van der Waals surface area contributed by atoms with Gasteiger partial charge in [0.05, 0.1) is 0 Å². The molecule has 0 bridgehead atoms. The number of nitrogens with zero attached hydrogens (tertiary/aromatic N) is 2. The Labute approximate surface area is 112 Å². The van der Waals surface area contributed by atoms with Gasteiger partial charge < -0.3 is 9.80 Å². The molecule has 0 amide bonds. The van der Waals surface area contributed by atoms with Crippen LogP contribution in [-0.4, -0.2) is 44.0 Å². The summed E-state index contributed by atoms with van der Waals surface area (Å²) in [5.74, 6) is -0.198. The fourth-order valence-electron chi connectivity index (χ4n) is 1.68. The van der Waals surface area contributed by atoms with Crippen LogP contribution >= 0.6 is 15.9 Å². The summed E-state index contributed by atoms with van der Waals surface area (Å²) in [6, 6.07) is 4.86. The monoisotopic (exact) mass is 302 g/mol. The van der Waals surface area contributed by atoms with Crippen LogP contribution in [0.25, 0.3) is 0 Å². The van der Waals surface area contributed by atoms with E-state index in [2.05, 4.69) is 46.9 Å². The van der Waals surface area contributed by atoms with Gasteiger partial charge >= 0.3 is 0 Å². The van der Waals surface area contributed by atoms with Crippen LogP contribution in [0.1, 0.15) is 12.0 Å². The molecular formula is C13H20BrFN2. The van der Waals surface area contributed by atoms with Gasteiger partial charge in [0.25, 0.3) is 0 Å². The lowest BCUT2D eigenvalue weighted by Gasteiger charge is -2.18. The van der Waals surface area contributed by atoms with E-state index in [1.807, 2.05) is 6.07 Å². The molecule has 0 spiro atoms. The lowest BCUT2D eigenvalue weighted by atomic mass is 10.2. The first-order valence-corrected chi connectivity index (χ1v) is 6.55. The van der Waals surface area contributed by atoms with Crippen LogP contribution in [0, 0.1) is 5.82 Å². The summed E-state index contributed by atoms with van der Waals surface area (Å²) in [5.41, 5.74) is 1.12. The maximum atomic E-state index is 12.9.